The Kier molecular flexibility index (Phi) is 10.8. The highest BCUT2D eigenvalue weighted by Gasteiger charge is 2.59. The Bertz CT molecular complexity index is 1630. The van der Waals surface area contributed by atoms with Gasteiger partial charge in [0.1, 0.15) is 0 Å². The smallest absolute Gasteiger partial charge is 0.321 e. The molecule has 4 bridgehead atoms. The number of aliphatic hydroxyl groups is 2. The highest BCUT2D eigenvalue weighted by molar-refractivity contribution is 5.99. The highest BCUT2D eigenvalue weighted by atomic mass is 16.3. The van der Waals surface area contributed by atoms with E-state index in [9.17, 15) is 19.8 Å². The summed E-state index contributed by atoms with van der Waals surface area (Å²) in [5, 5.41) is 27.4. The minimum atomic E-state index is -1.14. The fraction of sp³-hybridized carbons (Fsp3) is 0.652. The Morgan fingerprint density at radius 1 is 0.923 bits per heavy atom. The van der Waals surface area contributed by atoms with Crippen LogP contribution in [0.25, 0.3) is 0 Å². The van der Waals surface area contributed by atoms with Gasteiger partial charge in [-0.05, 0) is 142 Å². The number of para-hydroxylation sites is 1. The van der Waals surface area contributed by atoms with Crippen molar-refractivity contribution in [3.8, 4) is 0 Å². The largest absolute Gasteiger partial charge is 0.393 e. The van der Waals surface area contributed by atoms with Gasteiger partial charge in [0.15, 0.2) is 5.78 Å². The van der Waals surface area contributed by atoms with Crippen LogP contribution in [0.5, 0.6) is 0 Å². The number of ketones is 1. The quantitative estimate of drug-likeness (QED) is 0.197. The second-order valence-corrected chi connectivity index (χ2v) is 18.5. The number of carbonyl (C=O) groups is 2. The number of carbonyl (C=O) groups excluding carboxylic acids is 2. The van der Waals surface area contributed by atoms with Crippen LogP contribution >= 0.6 is 0 Å². The van der Waals surface area contributed by atoms with Crippen LogP contribution in [0.2, 0.25) is 0 Å². The molecular weight excluding hydrogens is 645 g/mol. The van der Waals surface area contributed by atoms with Gasteiger partial charge in [-0.2, -0.15) is 0 Å². The average Bonchev–Trinajstić information content (AvgIpc) is 3.39. The first kappa shape index (κ1) is 37.4. The number of Topliss-reactive ketones (excluding diaryl/α,β-unsaturated/α-hetero) is 1. The molecule has 282 valence electrons. The van der Waals surface area contributed by atoms with Crippen molar-refractivity contribution >= 4 is 17.5 Å². The number of benzene rings is 2. The lowest BCUT2D eigenvalue weighted by atomic mass is 9.45. The Balaban J connectivity index is 1.25. The predicted octanol–water partition coefficient (Wildman–Crippen LogP) is 10.1. The molecule has 6 nitrogen and oxygen atoms in total. The molecule has 7 atom stereocenters. The van der Waals surface area contributed by atoms with Crippen LogP contribution in [0.15, 0.2) is 60.2 Å². The third-order valence-electron chi connectivity index (χ3n) is 15.1. The molecule has 0 spiro atoms. The van der Waals surface area contributed by atoms with Gasteiger partial charge in [0, 0.05) is 29.1 Å². The number of allylic oxidation sites excluding steroid dienone is 2. The van der Waals surface area contributed by atoms with E-state index in [-0.39, 0.29) is 30.2 Å². The first-order chi connectivity index (χ1) is 24.9. The first-order valence-corrected chi connectivity index (χ1v) is 20.7. The molecule has 2 aromatic carbocycles. The van der Waals surface area contributed by atoms with E-state index in [1.54, 1.807) is 0 Å². The van der Waals surface area contributed by atoms with E-state index in [1.165, 1.54) is 24.8 Å². The Morgan fingerprint density at radius 3 is 2.42 bits per heavy atom. The summed E-state index contributed by atoms with van der Waals surface area (Å²) < 4.78 is 0. The number of nitrogens with one attached hydrogen (secondary N) is 1. The summed E-state index contributed by atoms with van der Waals surface area (Å²) >= 11 is 0. The van der Waals surface area contributed by atoms with Crippen LogP contribution in [0.3, 0.4) is 0 Å². The van der Waals surface area contributed by atoms with Gasteiger partial charge in [0.25, 0.3) is 0 Å². The fourth-order valence-corrected chi connectivity index (χ4v) is 11.5. The zero-order valence-electron chi connectivity index (χ0n) is 32.3. The van der Waals surface area contributed by atoms with Gasteiger partial charge >= 0.3 is 6.03 Å². The third kappa shape index (κ3) is 7.28. The summed E-state index contributed by atoms with van der Waals surface area (Å²) in [5.74, 6) is 2.03. The summed E-state index contributed by atoms with van der Waals surface area (Å²) in [6, 6.07) is 15.9. The molecule has 7 aliphatic rings. The van der Waals surface area contributed by atoms with Gasteiger partial charge in [0.05, 0.1) is 18.2 Å². The number of rotatable bonds is 7. The van der Waals surface area contributed by atoms with E-state index in [2.05, 4.69) is 57.3 Å². The van der Waals surface area contributed by atoms with Crippen LogP contribution in [0, 0.1) is 34.5 Å². The zero-order chi connectivity index (χ0) is 36.7. The lowest BCUT2D eigenvalue weighted by Crippen LogP contribution is -2.58. The number of hydrogen-bond acceptors (Lipinski definition) is 4. The SMILES string of the molecule is CC1=CCCC2(C)C(CCC2(O)CN(CC2CCC3CC2C3(C)C)C(=O)Nc2ccccc2)c2ccc(cc2C(=O)C2CCCCC2)CC(O)CC1. The summed E-state index contributed by atoms with van der Waals surface area (Å²) in [7, 11) is 0. The Hall–Kier alpha value is -2.96. The van der Waals surface area contributed by atoms with Crippen LogP contribution in [0.4, 0.5) is 10.5 Å². The molecule has 2 amide bonds. The number of urea groups is 1. The summed E-state index contributed by atoms with van der Waals surface area (Å²) in [6.45, 7) is 10.1. The second-order valence-electron chi connectivity index (χ2n) is 18.5. The maximum absolute atomic E-state index is 14.5. The van der Waals surface area contributed by atoms with E-state index in [1.807, 2.05) is 35.2 Å². The molecule has 0 saturated heterocycles. The van der Waals surface area contributed by atoms with Crippen molar-refractivity contribution in [1.29, 1.82) is 0 Å². The van der Waals surface area contributed by atoms with E-state index in [4.69, 9.17) is 0 Å². The monoisotopic (exact) mass is 708 g/mol. The zero-order valence-corrected chi connectivity index (χ0v) is 32.3. The number of hydrogen-bond donors (Lipinski definition) is 3. The molecule has 0 heterocycles. The molecule has 52 heavy (non-hydrogen) atoms. The van der Waals surface area contributed by atoms with Gasteiger partial charge in [-0.25, -0.2) is 4.79 Å². The minimum absolute atomic E-state index is 0.0318. The summed E-state index contributed by atoms with van der Waals surface area (Å²) in [6.07, 6.45) is 15.6. The maximum Gasteiger partial charge on any atom is 0.321 e. The number of nitrogens with zero attached hydrogens (tertiary/aromatic N) is 1. The molecule has 5 fully saturated rings. The van der Waals surface area contributed by atoms with Crippen LogP contribution in [0.1, 0.15) is 145 Å². The van der Waals surface area contributed by atoms with E-state index < -0.39 is 17.1 Å². The van der Waals surface area contributed by atoms with Gasteiger partial charge in [-0.15, -0.1) is 0 Å². The molecule has 7 unspecified atom stereocenters. The maximum atomic E-state index is 14.5. The van der Waals surface area contributed by atoms with Crippen molar-refractivity contribution < 1.29 is 19.8 Å². The van der Waals surface area contributed by atoms with Gasteiger partial charge in [0.2, 0.25) is 0 Å². The van der Waals surface area contributed by atoms with Crippen LogP contribution in [-0.4, -0.2) is 51.7 Å². The summed E-state index contributed by atoms with van der Waals surface area (Å²) in [5.41, 5.74) is 3.49. The molecule has 0 radical (unpaired) electrons. The number of aliphatic hydroxyl groups excluding tert-OH is 1. The third-order valence-corrected chi connectivity index (χ3v) is 15.1. The van der Waals surface area contributed by atoms with Crippen molar-refractivity contribution in [2.45, 2.75) is 142 Å². The lowest BCUT2D eigenvalue weighted by molar-refractivity contribution is -0.117. The predicted molar refractivity (Wildman–Crippen MR) is 209 cm³/mol. The molecule has 6 heteroatoms. The van der Waals surface area contributed by atoms with Crippen molar-refractivity contribution in [2.24, 2.45) is 34.5 Å². The number of fused-ring (bicyclic) bond motifs is 10. The second kappa shape index (κ2) is 15.1. The molecule has 0 aliphatic heterocycles. The topological polar surface area (TPSA) is 89.9 Å². The van der Waals surface area contributed by atoms with Crippen LogP contribution < -0.4 is 5.32 Å². The standard InChI is InChI=1S/C46H64N2O4/c1-31-12-11-24-45(4)40(38-22-18-32(26-37(49)21-17-31)27-39(38)42(50)33-13-7-5-8-14-33)23-25-46(45,52)30-48(43(51)47-36-15-9-6-10-16-36)29-34-19-20-35-28-41(34)44(35,2)3/h6,9-10,12,15-16,18,22,27,33-35,37,40-41,49,52H,5,7-8,11,13-14,17,19-21,23-26,28-30H2,1-4H3,(H,47,51). The fourth-order valence-electron chi connectivity index (χ4n) is 11.5. The minimum Gasteiger partial charge on any atom is -0.393 e. The first-order valence-electron chi connectivity index (χ1n) is 20.7. The molecule has 9 rings (SSSR count). The number of amides is 2. The van der Waals surface area contributed by atoms with Gasteiger partial charge in [-0.1, -0.05) is 82.0 Å². The Morgan fingerprint density at radius 2 is 1.69 bits per heavy atom. The molecule has 2 aromatic rings. The van der Waals surface area contributed by atoms with Crippen LogP contribution in [-0.2, 0) is 6.42 Å². The highest BCUT2D eigenvalue weighted by Crippen LogP contribution is 2.62. The van der Waals surface area contributed by atoms with E-state index in [0.29, 0.717) is 43.1 Å². The van der Waals surface area contributed by atoms with E-state index >= 15 is 0 Å². The summed E-state index contributed by atoms with van der Waals surface area (Å²) in [4.78, 5) is 30.8. The average molecular weight is 709 g/mol. The van der Waals surface area contributed by atoms with Crippen molar-refractivity contribution in [1.82, 2.24) is 4.90 Å². The molecule has 5 saturated carbocycles. The molecule has 0 aromatic heterocycles. The number of anilines is 1. The molecule has 3 N–H and O–H groups in total. The van der Waals surface area contributed by atoms with Gasteiger partial charge in [-0.3, -0.25) is 4.79 Å². The normalized spacial score (nSPS) is 33.3. The van der Waals surface area contributed by atoms with Gasteiger partial charge < -0.3 is 20.4 Å². The Labute approximate surface area is 312 Å². The van der Waals surface area contributed by atoms with Crippen molar-refractivity contribution in [3.05, 3.63) is 76.9 Å². The van der Waals surface area contributed by atoms with E-state index in [0.717, 1.165) is 86.1 Å². The molecule has 7 aliphatic carbocycles. The molecular formula is C46H64N2O4. The van der Waals surface area contributed by atoms with Crippen molar-refractivity contribution in [2.75, 3.05) is 18.4 Å². The van der Waals surface area contributed by atoms with Crippen molar-refractivity contribution in [3.63, 3.8) is 0 Å². The lowest BCUT2D eigenvalue weighted by Gasteiger charge is -2.60.